The van der Waals surface area contributed by atoms with Gasteiger partial charge in [0.05, 0.1) is 35.8 Å². The Bertz CT molecular complexity index is 1600. The maximum absolute atomic E-state index is 13.7. The number of hydrogen-bond donors (Lipinski definition) is 1. The maximum atomic E-state index is 13.7. The number of likely N-dealkylation sites (tertiary alicyclic amines) is 1. The van der Waals surface area contributed by atoms with Crippen molar-refractivity contribution >= 4 is 45.8 Å². The number of alkyl halides is 2. The predicted octanol–water partition coefficient (Wildman–Crippen LogP) is 3.84. The molecule has 1 N–H and O–H groups in total. The summed E-state index contributed by atoms with van der Waals surface area (Å²) in [7, 11) is 0. The summed E-state index contributed by atoms with van der Waals surface area (Å²) in [6.07, 6.45) is 7.85. The molecule has 37 heavy (non-hydrogen) atoms. The van der Waals surface area contributed by atoms with Gasteiger partial charge in [-0.05, 0) is 41.5 Å². The monoisotopic (exact) mass is 498 g/mol. The highest BCUT2D eigenvalue weighted by Gasteiger charge is 2.47. The van der Waals surface area contributed by atoms with Crippen LogP contribution >= 0.6 is 0 Å². The van der Waals surface area contributed by atoms with Gasteiger partial charge in [0.1, 0.15) is 12.4 Å². The topological polar surface area (TPSA) is 112 Å². The number of carbonyl (C=O) groups excluding carboxylic acids is 2. The number of halogens is 2. The molecule has 0 spiro atoms. The van der Waals surface area contributed by atoms with Crippen LogP contribution in [0.25, 0.3) is 34.0 Å². The van der Waals surface area contributed by atoms with E-state index in [0.29, 0.717) is 16.5 Å². The molecule has 2 amide bonds. The smallest absolute Gasteiger partial charge is 0.268 e. The normalized spacial score (nSPS) is 16.8. The van der Waals surface area contributed by atoms with Gasteiger partial charge >= 0.3 is 0 Å². The lowest BCUT2D eigenvalue weighted by atomic mass is 10.0. The predicted molar refractivity (Wildman–Crippen MR) is 133 cm³/mol. The van der Waals surface area contributed by atoms with Crippen LogP contribution < -0.4 is 5.32 Å². The molecule has 2 aromatic heterocycles. The number of hydrogen-bond acceptors (Lipinski definition) is 6. The number of pyridine rings is 1. The van der Waals surface area contributed by atoms with Gasteiger partial charge in [0, 0.05) is 29.6 Å². The highest BCUT2D eigenvalue weighted by Crippen LogP contribution is 2.31. The molecule has 4 aromatic rings. The van der Waals surface area contributed by atoms with Crippen LogP contribution in [0, 0.1) is 11.3 Å². The van der Waals surface area contributed by atoms with Crippen LogP contribution in [0.5, 0.6) is 0 Å². The Morgan fingerprint density at radius 1 is 1.11 bits per heavy atom. The SMILES string of the molecule is N#CC1CC(F)(F)CN1C(=O)CNC(=O)c1ccnc2ccc(C=Cc3ccc4ncncc4c3)cc12. The Morgan fingerprint density at radius 2 is 1.86 bits per heavy atom. The zero-order valence-corrected chi connectivity index (χ0v) is 19.4. The highest BCUT2D eigenvalue weighted by molar-refractivity contribution is 6.07. The number of nitrogens with one attached hydrogen (secondary N) is 1. The lowest BCUT2D eigenvalue weighted by molar-refractivity contribution is -0.131. The van der Waals surface area contributed by atoms with Crippen LogP contribution in [0.15, 0.2) is 61.2 Å². The molecular formula is C27H20F2N6O2. The Balaban J connectivity index is 1.33. The molecule has 184 valence electrons. The third-order valence-electron chi connectivity index (χ3n) is 6.15. The molecule has 1 fully saturated rings. The van der Waals surface area contributed by atoms with E-state index >= 15 is 0 Å². The molecule has 1 aliphatic heterocycles. The second kappa shape index (κ2) is 9.70. The molecule has 0 radical (unpaired) electrons. The van der Waals surface area contributed by atoms with Gasteiger partial charge in [0.15, 0.2) is 0 Å². The van der Waals surface area contributed by atoms with Gasteiger partial charge in [-0.1, -0.05) is 24.3 Å². The molecule has 1 aliphatic rings. The van der Waals surface area contributed by atoms with Crippen molar-refractivity contribution in [3.8, 4) is 6.07 Å². The van der Waals surface area contributed by atoms with Gasteiger partial charge in [-0.15, -0.1) is 0 Å². The minimum Gasteiger partial charge on any atom is -0.343 e. The molecule has 8 nitrogen and oxygen atoms in total. The van der Waals surface area contributed by atoms with Gasteiger partial charge in [-0.2, -0.15) is 5.26 Å². The summed E-state index contributed by atoms with van der Waals surface area (Å²) in [6.45, 7) is -1.33. The van der Waals surface area contributed by atoms with E-state index in [1.807, 2.05) is 42.5 Å². The number of rotatable bonds is 5. The Labute approximate surface area is 210 Å². The molecule has 10 heteroatoms. The summed E-state index contributed by atoms with van der Waals surface area (Å²) in [4.78, 5) is 38.7. The third-order valence-corrected chi connectivity index (χ3v) is 6.15. The molecule has 1 unspecified atom stereocenters. The maximum Gasteiger partial charge on any atom is 0.268 e. The first-order valence-corrected chi connectivity index (χ1v) is 11.4. The van der Waals surface area contributed by atoms with Crippen molar-refractivity contribution in [1.29, 1.82) is 5.26 Å². The Morgan fingerprint density at radius 3 is 2.65 bits per heavy atom. The minimum atomic E-state index is -3.12. The molecule has 1 atom stereocenters. The molecule has 0 aliphatic carbocycles. The van der Waals surface area contributed by atoms with E-state index in [4.69, 9.17) is 5.26 Å². The fraction of sp³-hybridized carbons (Fsp3) is 0.185. The van der Waals surface area contributed by atoms with E-state index in [-0.39, 0.29) is 0 Å². The van der Waals surface area contributed by atoms with Crippen LogP contribution in [0.1, 0.15) is 27.9 Å². The quantitative estimate of drug-likeness (QED) is 0.419. The molecule has 3 heterocycles. The second-order valence-corrected chi connectivity index (χ2v) is 8.72. The van der Waals surface area contributed by atoms with E-state index in [1.54, 1.807) is 18.3 Å². The highest BCUT2D eigenvalue weighted by atomic mass is 19.3. The van der Waals surface area contributed by atoms with Crippen molar-refractivity contribution in [3.05, 3.63) is 77.9 Å². The van der Waals surface area contributed by atoms with Gasteiger partial charge in [0.25, 0.3) is 11.8 Å². The zero-order valence-electron chi connectivity index (χ0n) is 19.4. The number of benzene rings is 2. The van der Waals surface area contributed by atoms with Gasteiger partial charge in [-0.3, -0.25) is 14.6 Å². The number of carbonyl (C=O) groups is 2. The summed E-state index contributed by atoms with van der Waals surface area (Å²) in [5, 5.41) is 13.1. The summed E-state index contributed by atoms with van der Waals surface area (Å²) in [5.41, 5.74) is 3.50. The summed E-state index contributed by atoms with van der Waals surface area (Å²) in [6, 6.07) is 13.3. The average Bonchev–Trinajstić information content (AvgIpc) is 3.24. The van der Waals surface area contributed by atoms with E-state index in [9.17, 15) is 18.4 Å². The van der Waals surface area contributed by atoms with Crippen LogP contribution in [-0.2, 0) is 4.79 Å². The average molecular weight is 498 g/mol. The minimum absolute atomic E-state index is 0.291. The van der Waals surface area contributed by atoms with Crippen molar-refractivity contribution in [2.45, 2.75) is 18.4 Å². The summed E-state index contributed by atoms with van der Waals surface area (Å²) < 4.78 is 27.3. The molecule has 1 saturated heterocycles. The van der Waals surface area contributed by atoms with Gasteiger partial charge in [0.2, 0.25) is 5.91 Å². The fourth-order valence-electron chi connectivity index (χ4n) is 4.31. The molecule has 0 bridgehead atoms. The lowest BCUT2D eigenvalue weighted by Crippen LogP contribution is -2.43. The first-order valence-electron chi connectivity index (χ1n) is 11.4. The fourth-order valence-corrected chi connectivity index (χ4v) is 4.31. The molecule has 0 saturated carbocycles. The van der Waals surface area contributed by atoms with Crippen molar-refractivity contribution in [2.75, 3.05) is 13.1 Å². The molecule has 5 rings (SSSR count). The van der Waals surface area contributed by atoms with Crippen molar-refractivity contribution < 1.29 is 18.4 Å². The van der Waals surface area contributed by atoms with E-state index in [0.717, 1.165) is 26.9 Å². The Kier molecular flexibility index (Phi) is 6.27. The standard InChI is InChI=1S/C27H20F2N6O2/c28-27(29)11-20(12-30)35(15-27)25(36)14-33-26(37)21-7-8-32-24-6-4-18(10-22(21)24)2-1-17-3-5-23-19(9-17)13-31-16-34-23/h1-10,13,16,20H,11,14-15H2,(H,33,37). The van der Waals surface area contributed by atoms with Crippen molar-refractivity contribution in [3.63, 3.8) is 0 Å². The molecule has 2 aromatic carbocycles. The Hall–Kier alpha value is -4.78. The number of amides is 2. The first kappa shape index (κ1) is 23.9. The van der Waals surface area contributed by atoms with Gasteiger partial charge in [-0.25, -0.2) is 18.7 Å². The largest absolute Gasteiger partial charge is 0.343 e. The van der Waals surface area contributed by atoms with Crippen LogP contribution in [-0.4, -0.2) is 56.7 Å². The van der Waals surface area contributed by atoms with Crippen LogP contribution in [0.2, 0.25) is 0 Å². The first-order chi connectivity index (χ1) is 17.8. The van der Waals surface area contributed by atoms with Gasteiger partial charge < -0.3 is 10.2 Å². The zero-order chi connectivity index (χ0) is 26.0. The van der Waals surface area contributed by atoms with E-state index in [2.05, 4.69) is 20.3 Å². The number of nitriles is 1. The number of aromatic nitrogens is 3. The summed E-state index contributed by atoms with van der Waals surface area (Å²) >= 11 is 0. The van der Waals surface area contributed by atoms with E-state index < -0.39 is 43.3 Å². The van der Waals surface area contributed by atoms with Crippen molar-refractivity contribution in [1.82, 2.24) is 25.2 Å². The van der Waals surface area contributed by atoms with Crippen LogP contribution in [0.4, 0.5) is 8.78 Å². The number of nitrogens with zero attached hydrogens (tertiary/aromatic N) is 5. The number of fused-ring (bicyclic) bond motifs is 2. The lowest BCUT2D eigenvalue weighted by Gasteiger charge is -2.19. The van der Waals surface area contributed by atoms with Crippen molar-refractivity contribution in [2.24, 2.45) is 0 Å². The van der Waals surface area contributed by atoms with Crippen LogP contribution in [0.3, 0.4) is 0 Å². The third kappa shape index (κ3) is 5.11. The second-order valence-electron chi connectivity index (χ2n) is 8.72. The summed E-state index contributed by atoms with van der Waals surface area (Å²) in [5.74, 6) is -4.40. The molecular weight excluding hydrogens is 478 g/mol. The van der Waals surface area contributed by atoms with E-state index in [1.165, 1.54) is 18.6 Å².